The van der Waals surface area contributed by atoms with Gasteiger partial charge in [0, 0.05) is 77.9 Å². The lowest BCUT2D eigenvalue weighted by atomic mass is 9.85. The van der Waals surface area contributed by atoms with Crippen molar-refractivity contribution in [2.75, 3.05) is 24.5 Å². The third-order valence-corrected chi connectivity index (χ3v) is 18.6. The number of likely N-dealkylation sites (tertiary alicyclic amines) is 1. The molecule has 21 heteroatoms. The first kappa shape index (κ1) is 56.1. The number of aliphatic hydroxyl groups is 1. The highest BCUT2D eigenvalue weighted by Crippen LogP contribution is 2.41. The van der Waals surface area contributed by atoms with Crippen molar-refractivity contribution in [3.05, 3.63) is 129 Å². The molecule has 0 bridgehead atoms. The van der Waals surface area contributed by atoms with Gasteiger partial charge in [0.2, 0.25) is 17.7 Å². The van der Waals surface area contributed by atoms with E-state index in [1.54, 1.807) is 46.9 Å². The van der Waals surface area contributed by atoms with Crippen LogP contribution in [-0.4, -0.2) is 120 Å². The maximum atomic E-state index is 14.4. The number of aryl methyl sites for hydroxylation is 3. The summed E-state index contributed by atoms with van der Waals surface area (Å²) in [5.74, 6) is -0.682. The van der Waals surface area contributed by atoms with Crippen LogP contribution in [0.15, 0.2) is 87.7 Å². The number of thiazole rings is 1. The summed E-state index contributed by atoms with van der Waals surface area (Å²) < 4.78 is 14.3. The normalized spacial score (nSPS) is 20.7. The van der Waals surface area contributed by atoms with E-state index in [0.29, 0.717) is 54.1 Å². The van der Waals surface area contributed by atoms with Gasteiger partial charge < -0.3 is 45.1 Å². The van der Waals surface area contributed by atoms with Gasteiger partial charge in [-0.25, -0.2) is 4.98 Å². The topological polar surface area (TPSA) is 247 Å². The van der Waals surface area contributed by atoms with Gasteiger partial charge in [-0.1, -0.05) is 57.2 Å². The summed E-state index contributed by atoms with van der Waals surface area (Å²) in [6.07, 6.45) is 1.56. The number of benzene rings is 3. The number of aromatic nitrogens is 4. The molecule has 0 spiro atoms. The Kier molecular flexibility index (Phi) is 15.4. The summed E-state index contributed by atoms with van der Waals surface area (Å²) in [4.78, 5) is 83.0. The fraction of sp³-hybridized carbons (Fsp3) is 0.426. The number of thiophene rings is 1. The number of furan rings is 1. The van der Waals surface area contributed by atoms with Crippen molar-refractivity contribution in [2.24, 2.45) is 16.3 Å². The number of ether oxygens (including phenoxy) is 1. The Morgan fingerprint density at radius 2 is 1.60 bits per heavy atom. The fourth-order valence-electron chi connectivity index (χ4n) is 11.6. The lowest BCUT2D eigenvalue weighted by molar-refractivity contribution is -0.142. The highest BCUT2D eigenvalue weighted by molar-refractivity contribution is 7.15. The van der Waals surface area contributed by atoms with Gasteiger partial charge in [0.15, 0.2) is 11.6 Å². The van der Waals surface area contributed by atoms with Crippen molar-refractivity contribution < 1.29 is 43.3 Å². The summed E-state index contributed by atoms with van der Waals surface area (Å²) in [5.41, 5.74) is 9.10. The van der Waals surface area contributed by atoms with E-state index in [0.717, 1.165) is 72.8 Å². The van der Waals surface area contributed by atoms with E-state index in [9.17, 15) is 34.2 Å². The standard InChI is InChI=1S/C61H68N10O9S2/c1-31-34(4)82-60-51(31)52(65-46(28-50(73)74)55-68-67-35(5)71(55)60)37-13-15-42(16-14-37)69-21-19-39(20-22-69)56(75)64-41-25-45(26-41)79-44-17-18-48-40(23-44)24-49(80-48)58(77)66-54(61(6,7)8)59(78)70-29-43(72)27-47(70)57(76)63-32(2)36-9-11-38(12-10-36)53-33(3)62-30-81-53/h9-18,23-24,30,32,39,41,43,45-47,54,72H,19-22,25-29H2,1-8H3,(H,63,76)(H,64,75)(H,66,77)(H,73,74)/t32-,41?,43+,45?,46-,47-,54+/m0/s1. The van der Waals surface area contributed by atoms with Gasteiger partial charge in [0.1, 0.15) is 46.4 Å². The number of carbonyl (C=O) groups is 5. The molecule has 7 heterocycles. The second-order valence-corrected chi connectivity index (χ2v) is 25.4. The van der Waals surface area contributed by atoms with E-state index in [-0.39, 0.29) is 55.2 Å². The average molecular weight is 1150 g/mol. The number of amides is 4. The predicted octanol–water partition coefficient (Wildman–Crippen LogP) is 8.73. The quantitative estimate of drug-likeness (QED) is 0.0645. The van der Waals surface area contributed by atoms with Crippen molar-refractivity contribution in [3.8, 4) is 21.2 Å². The number of β-amino-alcohol motifs (C(OH)–C–C–N with tert-alkyl or cyclic N) is 1. The molecule has 0 unspecified atom stereocenters. The number of carbonyl (C=O) groups excluding carboxylic acids is 4. The highest BCUT2D eigenvalue weighted by atomic mass is 32.1. The molecule has 4 amide bonds. The smallest absolute Gasteiger partial charge is 0.306 e. The molecule has 2 saturated heterocycles. The zero-order valence-electron chi connectivity index (χ0n) is 47.2. The molecule has 1 aliphatic carbocycles. The van der Waals surface area contributed by atoms with Crippen LogP contribution >= 0.6 is 22.7 Å². The number of hydrogen-bond acceptors (Lipinski definition) is 15. The van der Waals surface area contributed by atoms with E-state index < -0.39 is 53.3 Å². The molecule has 3 aromatic carbocycles. The summed E-state index contributed by atoms with van der Waals surface area (Å²) >= 11 is 3.20. The molecular weight excluding hydrogens is 1080 g/mol. The SMILES string of the molecule is Cc1ncsc1-c1ccc([C@H](C)NC(=O)[C@@H]2C[C@@H](O)CN2C(=O)[C@@H](NC(=O)c2cc3cc(OC4CC(NC(=O)C5CCN(c6ccc(C7=N[C@@H](CC(=O)O)c8nnc(C)n8-c8sc(C)c(C)c87)cc6)CC5)C4)ccc3o2)C(C)(C)C)cc1. The average Bonchev–Trinajstić information content (AvgIpc) is 3.14. The summed E-state index contributed by atoms with van der Waals surface area (Å²) in [5, 5.41) is 40.1. The number of fused-ring (bicyclic) bond motifs is 4. The predicted molar refractivity (Wildman–Crippen MR) is 313 cm³/mol. The summed E-state index contributed by atoms with van der Waals surface area (Å²) in [7, 11) is 0. The molecule has 3 fully saturated rings. The van der Waals surface area contributed by atoms with Gasteiger partial charge in [-0.3, -0.25) is 33.5 Å². The molecule has 428 valence electrons. The van der Waals surface area contributed by atoms with Crippen LogP contribution in [0.5, 0.6) is 5.75 Å². The molecule has 82 heavy (non-hydrogen) atoms. The van der Waals surface area contributed by atoms with Crippen molar-refractivity contribution >= 4 is 74.6 Å². The Morgan fingerprint density at radius 3 is 2.28 bits per heavy atom. The first-order chi connectivity index (χ1) is 39.2. The van der Waals surface area contributed by atoms with Crippen LogP contribution in [0, 0.1) is 39.0 Å². The number of piperidine rings is 1. The third kappa shape index (κ3) is 11.3. The lowest BCUT2D eigenvalue weighted by Crippen LogP contribution is -2.57. The highest BCUT2D eigenvalue weighted by Gasteiger charge is 2.45. The van der Waals surface area contributed by atoms with Crippen LogP contribution in [0.3, 0.4) is 0 Å². The minimum absolute atomic E-state index is 0.00530. The first-order valence-corrected chi connectivity index (χ1v) is 29.7. The number of hydrogen-bond donors (Lipinski definition) is 5. The molecular formula is C61H68N10O9S2. The van der Waals surface area contributed by atoms with Gasteiger partial charge in [0.25, 0.3) is 5.91 Å². The van der Waals surface area contributed by atoms with Gasteiger partial charge in [-0.2, -0.15) is 0 Å². The zero-order chi connectivity index (χ0) is 57.9. The fourth-order valence-corrected chi connectivity index (χ4v) is 13.7. The number of anilines is 1. The second-order valence-electron chi connectivity index (χ2n) is 23.3. The maximum absolute atomic E-state index is 14.4. The van der Waals surface area contributed by atoms with Gasteiger partial charge >= 0.3 is 5.97 Å². The molecule has 5 atom stereocenters. The largest absolute Gasteiger partial charge is 0.490 e. The Morgan fingerprint density at radius 1 is 0.878 bits per heavy atom. The van der Waals surface area contributed by atoms with E-state index in [4.69, 9.17) is 14.1 Å². The number of nitrogens with zero attached hydrogens (tertiary/aromatic N) is 7. The van der Waals surface area contributed by atoms with E-state index in [1.165, 1.54) is 4.90 Å². The van der Waals surface area contributed by atoms with Crippen molar-refractivity contribution in [1.29, 1.82) is 0 Å². The first-order valence-electron chi connectivity index (χ1n) is 28.0. The molecule has 7 aromatic rings. The van der Waals surface area contributed by atoms with E-state index >= 15 is 0 Å². The number of nitrogens with one attached hydrogen (secondary N) is 3. The molecule has 5 N–H and O–H groups in total. The molecule has 1 saturated carbocycles. The van der Waals surface area contributed by atoms with Gasteiger partial charge in [0.05, 0.1) is 40.4 Å². The Bertz CT molecular complexity index is 3620. The Hall–Kier alpha value is -7.75. The number of aliphatic hydroxyl groups excluding tert-OH is 1. The van der Waals surface area contributed by atoms with E-state index in [1.807, 2.05) is 88.0 Å². The van der Waals surface area contributed by atoms with Crippen molar-refractivity contribution in [3.63, 3.8) is 0 Å². The maximum Gasteiger partial charge on any atom is 0.306 e. The summed E-state index contributed by atoms with van der Waals surface area (Å²) in [6.45, 7) is 16.7. The van der Waals surface area contributed by atoms with Crippen LogP contribution in [0.25, 0.3) is 26.4 Å². The number of carboxylic acids is 1. The van der Waals surface area contributed by atoms with Crippen LogP contribution in [0.1, 0.15) is 133 Å². The van der Waals surface area contributed by atoms with Crippen LogP contribution in [-0.2, 0) is 19.2 Å². The van der Waals surface area contributed by atoms with Gasteiger partial charge in [-0.15, -0.1) is 32.9 Å². The van der Waals surface area contributed by atoms with Crippen LogP contribution < -0.4 is 25.6 Å². The minimum Gasteiger partial charge on any atom is -0.490 e. The molecule has 4 aliphatic rings. The molecule has 19 nitrogen and oxygen atoms in total. The van der Waals surface area contributed by atoms with Crippen LogP contribution in [0.2, 0.25) is 0 Å². The monoisotopic (exact) mass is 1150 g/mol. The zero-order valence-corrected chi connectivity index (χ0v) is 48.8. The molecule has 4 aromatic heterocycles. The third-order valence-electron chi connectivity index (χ3n) is 16.5. The molecule has 3 aliphatic heterocycles. The number of aliphatic imine (C=N–C) groups is 1. The number of rotatable bonds is 15. The Balaban J connectivity index is 0.655. The number of carboxylic acid groups (broad SMARTS) is 1. The molecule has 0 radical (unpaired) electrons. The van der Waals surface area contributed by atoms with Crippen molar-refractivity contribution in [1.82, 2.24) is 40.6 Å². The molecule has 11 rings (SSSR count). The number of aliphatic carboxylic acids is 1. The van der Waals surface area contributed by atoms with Gasteiger partial charge in [-0.05, 0) is 106 Å². The van der Waals surface area contributed by atoms with Crippen molar-refractivity contribution in [2.45, 2.75) is 136 Å². The lowest BCUT2D eigenvalue weighted by Gasteiger charge is -2.38. The summed E-state index contributed by atoms with van der Waals surface area (Å²) in [6, 6.07) is 20.0. The second kappa shape index (κ2) is 22.5. The van der Waals surface area contributed by atoms with Crippen LogP contribution in [0.4, 0.5) is 5.69 Å². The minimum atomic E-state index is -1.06. The van der Waals surface area contributed by atoms with E-state index in [2.05, 4.69) is 62.0 Å². The Labute approximate surface area is 483 Å².